The molecule has 5 aromatic rings. The number of hydrogen-bond donors (Lipinski definition) is 2. The molecule has 2 fully saturated rings. The number of aliphatic hydroxyl groups excluding tert-OH is 2. The van der Waals surface area contributed by atoms with Gasteiger partial charge >= 0.3 is 5.97 Å². The van der Waals surface area contributed by atoms with Gasteiger partial charge in [0.2, 0.25) is 0 Å². The summed E-state index contributed by atoms with van der Waals surface area (Å²) in [7, 11) is 0. The number of esters is 1. The van der Waals surface area contributed by atoms with E-state index in [2.05, 4.69) is 10.0 Å². The highest BCUT2D eigenvalue weighted by Crippen LogP contribution is 2.37. The normalized spacial score (nSPS) is 26.4. The van der Waals surface area contributed by atoms with Crippen LogP contribution in [0.1, 0.15) is 27.0 Å². The number of carbonyl (C=O) groups excluding carboxylic acids is 1. The van der Waals surface area contributed by atoms with Crippen LogP contribution in [0, 0.1) is 0 Å². The summed E-state index contributed by atoms with van der Waals surface area (Å²) in [5.74, 6) is -0.716. The van der Waals surface area contributed by atoms with Crippen molar-refractivity contribution in [1.82, 2.24) is 0 Å². The van der Waals surface area contributed by atoms with Crippen LogP contribution in [-0.2, 0) is 53.0 Å². The summed E-state index contributed by atoms with van der Waals surface area (Å²) in [6.45, 7) is 0.418. The second-order valence-corrected chi connectivity index (χ2v) is 15.5. The molecule has 2 N–H and O–H groups in total. The van der Waals surface area contributed by atoms with Crippen molar-refractivity contribution in [2.45, 2.75) is 85.2 Å². The lowest BCUT2D eigenvalue weighted by Gasteiger charge is -2.45. The predicted octanol–water partition coefficient (Wildman–Crippen LogP) is 7.26. The first-order chi connectivity index (χ1) is 29.5. The number of carbonyl (C=O) groups is 1. The molecule has 5 aromatic carbocycles. The molecule has 0 amide bonds. The van der Waals surface area contributed by atoms with Crippen LogP contribution < -0.4 is 0 Å². The molecule has 0 radical (unpaired) electrons. The molecule has 6 unspecified atom stereocenters. The largest absolute Gasteiger partial charge is 0.455 e. The first-order valence-corrected chi connectivity index (χ1v) is 20.6. The van der Waals surface area contributed by atoms with Crippen molar-refractivity contribution in [3.8, 4) is 0 Å². The van der Waals surface area contributed by atoms with Gasteiger partial charge in [-0.2, -0.15) is 0 Å². The van der Waals surface area contributed by atoms with E-state index < -0.39 is 66.5 Å². The molecule has 0 spiro atoms. The molecule has 2 saturated heterocycles. The Hall–Kier alpha value is -5.09. The summed E-state index contributed by atoms with van der Waals surface area (Å²) in [4.78, 5) is 17.2. The van der Waals surface area contributed by atoms with E-state index in [-0.39, 0.29) is 32.0 Å². The number of thioether (sulfide) groups is 1. The Morgan fingerprint density at radius 1 is 0.617 bits per heavy atom. The zero-order valence-corrected chi connectivity index (χ0v) is 33.5. The smallest absolute Gasteiger partial charge is 0.338 e. The Labute approximate surface area is 352 Å². The lowest BCUT2D eigenvalue weighted by Crippen LogP contribution is -2.62. The fourth-order valence-corrected chi connectivity index (χ4v) is 8.13. The minimum absolute atomic E-state index is 0.0653. The zero-order chi connectivity index (χ0) is 41.5. The standard InChI is InChI=1S/C46H47N3O10S/c47-49-48-38-42(59-44(52)34-22-12-4-13-23-34)39(50)36(58-46(38)60-35-24-14-5-15-25-35)30-56-45-40(51)43(55-28-33-20-10-3-11-21-33)41(54-27-32-18-8-2-9-19-32)37(57-45)29-53-26-31-16-6-1-7-17-31/h1-25,36-43,45-46,50-51H,26-30H2/t36?,37?,38?,39-,40?,41+,42?,43?,45-,46+/m1/s1. The van der Waals surface area contributed by atoms with Gasteiger partial charge in [0.25, 0.3) is 0 Å². The number of benzene rings is 5. The van der Waals surface area contributed by atoms with Crippen LogP contribution in [-0.4, -0.2) is 89.9 Å². The lowest BCUT2D eigenvalue weighted by atomic mass is 9.97. The van der Waals surface area contributed by atoms with Crippen molar-refractivity contribution < 1.29 is 48.2 Å². The Bertz CT molecular complexity index is 2090. The zero-order valence-electron chi connectivity index (χ0n) is 32.7. The van der Waals surface area contributed by atoms with Gasteiger partial charge in [0, 0.05) is 9.81 Å². The average molecular weight is 834 g/mol. The first kappa shape index (κ1) is 43.0. The van der Waals surface area contributed by atoms with Gasteiger partial charge in [-0.15, -0.1) is 0 Å². The van der Waals surface area contributed by atoms with Crippen molar-refractivity contribution >= 4 is 17.7 Å². The summed E-state index contributed by atoms with van der Waals surface area (Å²) in [5.41, 5.74) is 11.7. The van der Waals surface area contributed by atoms with E-state index in [4.69, 9.17) is 33.2 Å². The van der Waals surface area contributed by atoms with E-state index >= 15 is 0 Å². The highest BCUT2D eigenvalue weighted by atomic mass is 32.2. The third kappa shape index (κ3) is 11.6. The lowest BCUT2D eigenvalue weighted by molar-refractivity contribution is -0.325. The summed E-state index contributed by atoms with van der Waals surface area (Å²) in [6.07, 6.45) is -9.19. The molecule has 2 heterocycles. The molecule has 0 saturated carbocycles. The second kappa shape index (κ2) is 22.0. The average Bonchev–Trinajstić information content (AvgIpc) is 3.29. The molecule has 2 aliphatic heterocycles. The van der Waals surface area contributed by atoms with Crippen LogP contribution in [0.4, 0.5) is 0 Å². The van der Waals surface area contributed by atoms with Crippen molar-refractivity contribution in [3.63, 3.8) is 0 Å². The van der Waals surface area contributed by atoms with Gasteiger partial charge in [-0.05, 0) is 46.5 Å². The van der Waals surface area contributed by atoms with E-state index in [0.717, 1.165) is 21.6 Å². The predicted molar refractivity (Wildman–Crippen MR) is 222 cm³/mol. The monoisotopic (exact) mass is 833 g/mol. The SMILES string of the molecule is [N-]=[N+]=NC1C(OC(=O)c2ccccc2)[C@H](O)C(CO[C@@H]2OC(COCc3ccccc3)[C@H](OCc3ccccc3)C(OCc3ccccc3)C2O)O[C@H]1Sc1ccccc1. The number of azide groups is 1. The van der Waals surface area contributed by atoms with Crippen LogP contribution in [0.3, 0.4) is 0 Å². The van der Waals surface area contributed by atoms with Gasteiger partial charge in [-0.3, -0.25) is 0 Å². The highest BCUT2D eigenvalue weighted by molar-refractivity contribution is 7.99. The summed E-state index contributed by atoms with van der Waals surface area (Å²) in [5, 5.41) is 27.8. The van der Waals surface area contributed by atoms with Crippen molar-refractivity contribution in [2.75, 3.05) is 13.2 Å². The van der Waals surface area contributed by atoms with Crippen LogP contribution in [0.5, 0.6) is 0 Å². The third-order valence-electron chi connectivity index (χ3n) is 10.1. The molecular weight excluding hydrogens is 787 g/mol. The first-order valence-electron chi connectivity index (χ1n) is 19.7. The van der Waals surface area contributed by atoms with E-state index in [1.165, 1.54) is 11.8 Å². The van der Waals surface area contributed by atoms with Crippen LogP contribution >= 0.6 is 11.8 Å². The van der Waals surface area contributed by atoms with Crippen molar-refractivity contribution in [3.05, 3.63) is 184 Å². The van der Waals surface area contributed by atoms with Gasteiger partial charge in [-0.25, -0.2) is 4.79 Å². The summed E-state index contributed by atoms with van der Waals surface area (Å²) >= 11 is 1.24. The molecular formula is C46H47N3O10S. The number of hydrogen-bond acceptors (Lipinski definition) is 12. The molecule has 312 valence electrons. The van der Waals surface area contributed by atoms with Crippen molar-refractivity contribution in [2.24, 2.45) is 5.11 Å². The minimum atomic E-state index is -1.52. The maximum Gasteiger partial charge on any atom is 0.338 e. The molecule has 0 aliphatic carbocycles. The van der Waals surface area contributed by atoms with Crippen molar-refractivity contribution in [1.29, 1.82) is 0 Å². The number of nitrogens with zero attached hydrogens (tertiary/aromatic N) is 3. The Morgan fingerprint density at radius 2 is 1.15 bits per heavy atom. The third-order valence-corrected chi connectivity index (χ3v) is 11.2. The molecule has 10 atom stereocenters. The second-order valence-electron chi connectivity index (χ2n) is 14.3. The minimum Gasteiger partial charge on any atom is -0.455 e. The molecule has 7 rings (SSSR count). The Balaban J connectivity index is 1.14. The maximum absolute atomic E-state index is 13.4. The fraction of sp³-hybridized carbons (Fsp3) is 0.326. The quantitative estimate of drug-likeness (QED) is 0.0394. The molecule has 14 heteroatoms. The Kier molecular flexibility index (Phi) is 15.7. The van der Waals surface area contributed by atoms with Crippen LogP contribution in [0.15, 0.2) is 162 Å². The molecule has 60 heavy (non-hydrogen) atoms. The number of rotatable bonds is 18. The van der Waals surface area contributed by atoms with Crippen LogP contribution in [0.25, 0.3) is 10.4 Å². The number of ether oxygens (including phenoxy) is 7. The molecule has 0 aromatic heterocycles. The number of aliphatic hydroxyl groups is 2. The topological polar surface area (TPSA) is 171 Å². The van der Waals surface area contributed by atoms with E-state index in [1.54, 1.807) is 30.3 Å². The molecule has 0 bridgehead atoms. The fourth-order valence-electron chi connectivity index (χ4n) is 7.00. The van der Waals surface area contributed by atoms with Crippen LogP contribution in [0.2, 0.25) is 0 Å². The summed E-state index contributed by atoms with van der Waals surface area (Å²) in [6, 6.07) is 45.4. The Morgan fingerprint density at radius 3 is 1.73 bits per heavy atom. The highest BCUT2D eigenvalue weighted by Gasteiger charge is 2.51. The van der Waals surface area contributed by atoms with E-state index in [0.29, 0.717) is 6.61 Å². The van der Waals surface area contributed by atoms with Gasteiger partial charge in [0.05, 0.1) is 38.6 Å². The van der Waals surface area contributed by atoms with Gasteiger partial charge in [0.15, 0.2) is 6.29 Å². The molecule has 2 aliphatic rings. The van der Waals surface area contributed by atoms with E-state index in [1.807, 2.05) is 121 Å². The maximum atomic E-state index is 13.4. The van der Waals surface area contributed by atoms with Gasteiger partial charge in [0.1, 0.15) is 54.2 Å². The molecule has 13 nitrogen and oxygen atoms in total. The van der Waals surface area contributed by atoms with Gasteiger partial charge < -0.3 is 43.4 Å². The summed E-state index contributed by atoms with van der Waals surface area (Å²) < 4.78 is 44.3. The van der Waals surface area contributed by atoms with E-state index in [9.17, 15) is 20.5 Å². The van der Waals surface area contributed by atoms with Gasteiger partial charge in [-0.1, -0.05) is 144 Å².